The van der Waals surface area contributed by atoms with Gasteiger partial charge in [0, 0.05) is 23.5 Å². The van der Waals surface area contributed by atoms with Gasteiger partial charge >= 0.3 is 0 Å². The van der Waals surface area contributed by atoms with Crippen LogP contribution in [0.1, 0.15) is 0 Å². The summed E-state index contributed by atoms with van der Waals surface area (Å²) in [5.74, 6) is 0. The monoisotopic (exact) mass is 576 g/mol. The number of aromatic nitrogens is 4. The van der Waals surface area contributed by atoms with Gasteiger partial charge in [-0.25, -0.2) is 0 Å². The van der Waals surface area contributed by atoms with Crippen LogP contribution in [0.2, 0.25) is 0 Å². The van der Waals surface area contributed by atoms with Crippen molar-refractivity contribution in [1.29, 1.82) is 0 Å². The Morgan fingerprint density at radius 1 is 0.333 bits per heavy atom. The maximum atomic E-state index is 5.09. The molecule has 6 aromatic carbocycles. The highest BCUT2D eigenvalue weighted by molar-refractivity contribution is 6.00. The first-order valence-electron chi connectivity index (χ1n) is 15.0. The molecule has 0 atom stereocenters. The van der Waals surface area contributed by atoms with Crippen molar-refractivity contribution >= 4 is 11.0 Å². The zero-order chi connectivity index (χ0) is 30.0. The van der Waals surface area contributed by atoms with Crippen LogP contribution in [-0.2, 0) is 0 Å². The van der Waals surface area contributed by atoms with Gasteiger partial charge in [0.1, 0.15) is 11.0 Å². The van der Waals surface area contributed by atoms with E-state index in [4.69, 9.17) is 10.2 Å². The van der Waals surface area contributed by atoms with E-state index >= 15 is 0 Å². The molecule has 4 heteroatoms. The SMILES string of the molecule is c1ccc(-c2ccc(-c3ccc(-c4ccc(-c5ccccc5)cc4)c4nn(-c5ccc(-c6cccnc6)cc5)nc34)cc2)cc1. The Hall–Kier alpha value is -6.13. The third-order valence-electron chi connectivity index (χ3n) is 8.24. The molecule has 0 amide bonds. The number of pyridine rings is 1. The lowest BCUT2D eigenvalue weighted by Gasteiger charge is -2.09. The van der Waals surface area contributed by atoms with Crippen LogP contribution >= 0.6 is 0 Å². The molecule has 0 saturated carbocycles. The minimum Gasteiger partial charge on any atom is -0.264 e. The van der Waals surface area contributed by atoms with E-state index < -0.39 is 0 Å². The van der Waals surface area contributed by atoms with Crippen molar-refractivity contribution in [2.75, 3.05) is 0 Å². The van der Waals surface area contributed by atoms with Crippen LogP contribution in [0.4, 0.5) is 0 Å². The van der Waals surface area contributed by atoms with Crippen LogP contribution in [0.25, 0.3) is 72.4 Å². The third-order valence-corrected chi connectivity index (χ3v) is 8.24. The normalized spacial score (nSPS) is 11.1. The second-order valence-electron chi connectivity index (χ2n) is 11.0. The molecular formula is C41H28N4. The Labute approximate surface area is 261 Å². The summed E-state index contributed by atoms with van der Waals surface area (Å²) in [6, 6.07) is 55.0. The van der Waals surface area contributed by atoms with Crippen molar-refractivity contribution in [2.45, 2.75) is 0 Å². The van der Waals surface area contributed by atoms with E-state index in [1.165, 1.54) is 22.3 Å². The van der Waals surface area contributed by atoms with Crippen molar-refractivity contribution < 1.29 is 0 Å². The van der Waals surface area contributed by atoms with Crippen LogP contribution in [0.3, 0.4) is 0 Å². The molecule has 2 aromatic heterocycles. The minimum atomic E-state index is 0.864. The smallest absolute Gasteiger partial charge is 0.122 e. The topological polar surface area (TPSA) is 43.6 Å². The Morgan fingerprint density at radius 3 is 1.20 bits per heavy atom. The molecule has 0 saturated heterocycles. The van der Waals surface area contributed by atoms with Crippen molar-refractivity contribution in [3.8, 4) is 61.3 Å². The molecule has 0 N–H and O–H groups in total. The van der Waals surface area contributed by atoms with Crippen molar-refractivity contribution in [1.82, 2.24) is 20.0 Å². The number of hydrogen-bond acceptors (Lipinski definition) is 3. The van der Waals surface area contributed by atoms with E-state index in [0.717, 1.165) is 50.1 Å². The molecule has 0 spiro atoms. The number of nitrogens with zero attached hydrogens (tertiary/aromatic N) is 4. The Kier molecular flexibility index (Phi) is 6.78. The minimum absolute atomic E-state index is 0.864. The van der Waals surface area contributed by atoms with E-state index in [0.29, 0.717) is 0 Å². The highest BCUT2D eigenvalue weighted by Crippen LogP contribution is 2.36. The van der Waals surface area contributed by atoms with Gasteiger partial charge < -0.3 is 0 Å². The molecule has 212 valence electrons. The fourth-order valence-corrected chi connectivity index (χ4v) is 5.84. The van der Waals surface area contributed by atoms with Gasteiger partial charge in [-0.3, -0.25) is 4.98 Å². The lowest BCUT2D eigenvalue weighted by molar-refractivity contribution is 0.766. The zero-order valence-corrected chi connectivity index (χ0v) is 24.5. The van der Waals surface area contributed by atoms with E-state index in [2.05, 4.69) is 145 Å². The molecular weight excluding hydrogens is 548 g/mol. The number of rotatable bonds is 6. The van der Waals surface area contributed by atoms with Crippen molar-refractivity contribution in [3.63, 3.8) is 0 Å². The summed E-state index contributed by atoms with van der Waals surface area (Å²) in [6.45, 7) is 0. The first kappa shape index (κ1) is 26.5. The van der Waals surface area contributed by atoms with Crippen LogP contribution in [0.15, 0.2) is 170 Å². The van der Waals surface area contributed by atoms with E-state index in [1.54, 1.807) is 11.0 Å². The standard InChI is InChI=1S/C41H28N4/c1-3-8-29(9-4-1)31-13-17-34(18-14-31)38-25-26-39(35-19-15-32(16-20-35)30-10-5-2-6-11-30)41-40(38)43-45(44-41)37-23-21-33(22-24-37)36-12-7-27-42-28-36/h1-28H. The molecule has 0 fully saturated rings. The molecule has 4 nitrogen and oxygen atoms in total. The van der Waals surface area contributed by atoms with Gasteiger partial charge in [0.2, 0.25) is 0 Å². The molecule has 0 aliphatic carbocycles. The highest BCUT2D eigenvalue weighted by atomic mass is 15.5. The molecule has 0 aliphatic rings. The van der Waals surface area contributed by atoms with Gasteiger partial charge in [-0.05, 0) is 62.7 Å². The van der Waals surface area contributed by atoms with Crippen LogP contribution < -0.4 is 0 Å². The average Bonchev–Trinajstić information content (AvgIpc) is 3.58. The summed E-state index contributed by atoms with van der Waals surface area (Å²) in [6.07, 6.45) is 3.66. The number of benzene rings is 6. The molecule has 8 aromatic rings. The molecule has 0 radical (unpaired) electrons. The molecule has 0 bridgehead atoms. The summed E-state index contributed by atoms with van der Waals surface area (Å²) in [7, 11) is 0. The summed E-state index contributed by atoms with van der Waals surface area (Å²) in [4.78, 5) is 6.01. The first-order chi connectivity index (χ1) is 22.3. The maximum Gasteiger partial charge on any atom is 0.122 e. The quantitative estimate of drug-likeness (QED) is 0.198. The fourth-order valence-electron chi connectivity index (χ4n) is 5.84. The van der Waals surface area contributed by atoms with Crippen molar-refractivity contribution in [2.24, 2.45) is 0 Å². The second-order valence-corrected chi connectivity index (χ2v) is 11.0. The van der Waals surface area contributed by atoms with Gasteiger partial charge in [-0.15, -0.1) is 10.2 Å². The Bertz CT molecular complexity index is 2080. The van der Waals surface area contributed by atoms with Crippen LogP contribution in [0.5, 0.6) is 0 Å². The Balaban J connectivity index is 1.22. The highest BCUT2D eigenvalue weighted by Gasteiger charge is 2.17. The molecule has 0 unspecified atom stereocenters. The van der Waals surface area contributed by atoms with E-state index in [-0.39, 0.29) is 0 Å². The third kappa shape index (κ3) is 5.19. The average molecular weight is 577 g/mol. The van der Waals surface area contributed by atoms with Crippen LogP contribution in [-0.4, -0.2) is 20.0 Å². The summed E-state index contributed by atoms with van der Waals surface area (Å²) < 4.78 is 0. The van der Waals surface area contributed by atoms with E-state index in [9.17, 15) is 0 Å². The van der Waals surface area contributed by atoms with Crippen molar-refractivity contribution in [3.05, 3.63) is 170 Å². The second kappa shape index (κ2) is 11.5. The Morgan fingerprint density at radius 2 is 0.733 bits per heavy atom. The maximum absolute atomic E-state index is 5.09. The molecule has 8 rings (SSSR count). The van der Waals surface area contributed by atoms with Crippen LogP contribution in [0, 0.1) is 0 Å². The van der Waals surface area contributed by atoms with Gasteiger partial charge in [0.05, 0.1) is 5.69 Å². The largest absolute Gasteiger partial charge is 0.264 e. The lowest BCUT2D eigenvalue weighted by atomic mass is 9.95. The summed E-state index contributed by atoms with van der Waals surface area (Å²) in [5, 5.41) is 10.2. The van der Waals surface area contributed by atoms with Gasteiger partial charge in [-0.1, -0.05) is 140 Å². The zero-order valence-electron chi connectivity index (χ0n) is 24.5. The first-order valence-corrected chi connectivity index (χ1v) is 15.0. The summed E-state index contributed by atoms with van der Waals surface area (Å²) >= 11 is 0. The summed E-state index contributed by atoms with van der Waals surface area (Å²) in [5.41, 5.74) is 13.9. The number of hydrogen-bond donors (Lipinski definition) is 0. The molecule has 0 aliphatic heterocycles. The lowest BCUT2D eigenvalue weighted by Crippen LogP contribution is -1.98. The number of fused-ring (bicyclic) bond motifs is 1. The molecule has 45 heavy (non-hydrogen) atoms. The van der Waals surface area contributed by atoms with Gasteiger partial charge in [0.25, 0.3) is 0 Å². The van der Waals surface area contributed by atoms with Gasteiger partial charge in [0.15, 0.2) is 0 Å². The van der Waals surface area contributed by atoms with Gasteiger partial charge in [-0.2, -0.15) is 4.80 Å². The predicted molar refractivity (Wildman–Crippen MR) is 184 cm³/mol. The van der Waals surface area contributed by atoms with E-state index in [1.807, 2.05) is 24.4 Å². The fraction of sp³-hybridized carbons (Fsp3) is 0. The predicted octanol–water partition coefficient (Wildman–Crippen LogP) is 10.2. The molecule has 2 heterocycles.